The number of hydrogen-bond acceptors (Lipinski definition) is 4. The minimum atomic E-state index is -1.26. The fourth-order valence-electron chi connectivity index (χ4n) is 1.51. The molecule has 0 saturated heterocycles. The summed E-state index contributed by atoms with van der Waals surface area (Å²) < 4.78 is 0. The molecule has 3 N–H and O–H groups in total. The molecule has 1 aliphatic carbocycles. The van der Waals surface area contributed by atoms with Gasteiger partial charge in [-0.3, -0.25) is 4.98 Å². The van der Waals surface area contributed by atoms with Gasteiger partial charge >= 0.3 is 11.9 Å². The fourth-order valence-corrected chi connectivity index (χ4v) is 1.51. The number of pyridine rings is 1. The number of carboxylic acids is 2. The van der Waals surface area contributed by atoms with E-state index in [0.29, 0.717) is 12.2 Å². The average molecular weight is 290 g/mol. The number of aromatic nitrogens is 1. The second-order valence-electron chi connectivity index (χ2n) is 4.54. The van der Waals surface area contributed by atoms with Crippen LogP contribution in [-0.4, -0.2) is 39.7 Å². The van der Waals surface area contributed by atoms with Gasteiger partial charge in [0.25, 0.3) is 0 Å². The van der Waals surface area contributed by atoms with E-state index in [1.165, 1.54) is 18.4 Å². The molecule has 1 aliphatic rings. The van der Waals surface area contributed by atoms with E-state index in [0.717, 1.165) is 0 Å². The summed E-state index contributed by atoms with van der Waals surface area (Å²) in [7, 11) is 2.01. The molecule has 0 atom stereocenters. The zero-order chi connectivity index (χ0) is 15.7. The Hall–Kier alpha value is -2.47. The third-order valence-electron chi connectivity index (χ3n) is 2.93. The highest BCUT2D eigenvalue weighted by atomic mass is 16.4. The standard InChI is InChI=1S/C11H14N2.C4H4O4/c1-12-11(6-7-11)5-4-10-3-2-8-13-9-10;5-3(6)1-2-4(7)8/h2-5,8-9,12H,6-7H2,1H3;1-2H,(H,5,6)(H,7,8)/b5-4-;2-1+. The number of nitrogens with one attached hydrogen (secondary N) is 1. The van der Waals surface area contributed by atoms with E-state index in [1.54, 1.807) is 6.20 Å². The predicted molar refractivity (Wildman–Crippen MR) is 78.7 cm³/mol. The molecule has 0 unspecified atom stereocenters. The van der Waals surface area contributed by atoms with E-state index in [9.17, 15) is 9.59 Å². The summed E-state index contributed by atoms with van der Waals surface area (Å²) in [6.45, 7) is 0. The summed E-state index contributed by atoms with van der Waals surface area (Å²) in [5.74, 6) is -2.51. The second-order valence-corrected chi connectivity index (χ2v) is 4.54. The number of aliphatic carboxylic acids is 2. The van der Waals surface area contributed by atoms with Crippen LogP contribution in [0.5, 0.6) is 0 Å². The molecule has 0 aromatic carbocycles. The topological polar surface area (TPSA) is 99.5 Å². The Morgan fingerprint density at radius 2 is 1.90 bits per heavy atom. The number of carboxylic acid groups (broad SMARTS) is 2. The first-order chi connectivity index (χ1) is 9.97. The molecule has 112 valence electrons. The maximum Gasteiger partial charge on any atom is 0.328 e. The van der Waals surface area contributed by atoms with E-state index in [4.69, 9.17) is 10.2 Å². The lowest BCUT2D eigenvalue weighted by Crippen LogP contribution is -2.23. The summed E-state index contributed by atoms with van der Waals surface area (Å²) in [4.78, 5) is 23.2. The van der Waals surface area contributed by atoms with Gasteiger partial charge in [0.05, 0.1) is 0 Å². The zero-order valence-electron chi connectivity index (χ0n) is 11.7. The molecule has 1 aromatic rings. The first-order valence-electron chi connectivity index (χ1n) is 6.39. The van der Waals surface area contributed by atoms with E-state index in [2.05, 4.69) is 28.5 Å². The highest BCUT2D eigenvalue weighted by Gasteiger charge is 2.37. The summed E-state index contributed by atoms with van der Waals surface area (Å²) >= 11 is 0. The van der Waals surface area contributed by atoms with Gasteiger partial charge in [-0.05, 0) is 31.5 Å². The molecule has 1 aromatic heterocycles. The second kappa shape index (κ2) is 7.96. The van der Waals surface area contributed by atoms with Gasteiger partial charge in [0.2, 0.25) is 0 Å². The molecule has 0 radical (unpaired) electrons. The van der Waals surface area contributed by atoms with Crippen molar-refractivity contribution in [3.05, 3.63) is 48.3 Å². The minimum absolute atomic E-state index is 0.288. The average Bonchev–Trinajstić information content (AvgIpc) is 3.25. The predicted octanol–water partition coefficient (Wildman–Crippen LogP) is 1.56. The summed E-state index contributed by atoms with van der Waals surface area (Å²) in [6.07, 6.45) is 11.7. The maximum absolute atomic E-state index is 9.55. The molecule has 0 spiro atoms. The molecule has 6 nitrogen and oxygen atoms in total. The van der Waals surface area contributed by atoms with E-state index in [1.807, 2.05) is 19.3 Å². The summed E-state index contributed by atoms with van der Waals surface area (Å²) in [5.41, 5.74) is 1.46. The molecule has 0 bridgehead atoms. The van der Waals surface area contributed by atoms with Gasteiger partial charge in [-0.1, -0.05) is 18.2 Å². The minimum Gasteiger partial charge on any atom is -0.478 e. The Morgan fingerprint density at radius 3 is 2.29 bits per heavy atom. The molecule has 0 aliphatic heterocycles. The van der Waals surface area contributed by atoms with Gasteiger partial charge < -0.3 is 15.5 Å². The molecule has 1 saturated carbocycles. The normalized spacial score (nSPS) is 15.5. The van der Waals surface area contributed by atoms with Crippen LogP contribution in [0, 0.1) is 0 Å². The summed E-state index contributed by atoms with van der Waals surface area (Å²) in [6, 6.07) is 4.02. The van der Waals surface area contributed by atoms with Crippen molar-refractivity contribution in [3.8, 4) is 0 Å². The molecule has 21 heavy (non-hydrogen) atoms. The maximum atomic E-state index is 9.55. The Balaban J connectivity index is 0.000000240. The number of rotatable bonds is 5. The third-order valence-corrected chi connectivity index (χ3v) is 2.93. The van der Waals surface area contributed by atoms with Gasteiger partial charge in [0.1, 0.15) is 0 Å². The Morgan fingerprint density at radius 1 is 1.29 bits per heavy atom. The zero-order valence-corrected chi connectivity index (χ0v) is 11.7. The van der Waals surface area contributed by atoms with Crippen LogP contribution in [0.15, 0.2) is 42.8 Å². The smallest absolute Gasteiger partial charge is 0.328 e. The van der Waals surface area contributed by atoms with Crippen molar-refractivity contribution < 1.29 is 19.8 Å². The highest BCUT2D eigenvalue weighted by Crippen LogP contribution is 2.36. The first kappa shape index (κ1) is 16.6. The first-order valence-corrected chi connectivity index (χ1v) is 6.39. The molecule has 6 heteroatoms. The van der Waals surface area contributed by atoms with Crippen LogP contribution in [0.25, 0.3) is 6.08 Å². The van der Waals surface area contributed by atoms with Crippen LogP contribution in [0.3, 0.4) is 0 Å². The fraction of sp³-hybridized carbons (Fsp3) is 0.267. The lowest BCUT2D eigenvalue weighted by Gasteiger charge is -2.06. The van der Waals surface area contributed by atoms with Crippen molar-refractivity contribution in [2.75, 3.05) is 7.05 Å². The van der Waals surface area contributed by atoms with Crippen LogP contribution in [0.4, 0.5) is 0 Å². The number of likely N-dealkylation sites (N-methyl/N-ethyl adjacent to an activating group) is 1. The van der Waals surface area contributed by atoms with E-state index in [-0.39, 0.29) is 5.54 Å². The van der Waals surface area contributed by atoms with Gasteiger partial charge in [0.15, 0.2) is 0 Å². The SMILES string of the molecule is CNC1(/C=C\c2cccnc2)CC1.O=C(O)/C=C/C(=O)O. The van der Waals surface area contributed by atoms with Crippen LogP contribution >= 0.6 is 0 Å². The van der Waals surface area contributed by atoms with Crippen molar-refractivity contribution in [3.63, 3.8) is 0 Å². The van der Waals surface area contributed by atoms with Gasteiger partial charge in [-0.15, -0.1) is 0 Å². The number of carbonyl (C=O) groups is 2. The lowest BCUT2D eigenvalue weighted by molar-refractivity contribution is -0.134. The van der Waals surface area contributed by atoms with Gasteiger partial charge in [0, 0.05) is 30.1 Å². The van der Waals surface area contributed by atoms with Crippen molar-refractivity contribution in [2.45, 2.75) is 18.4 Å². The van der Waals surface area contributed by atoms with Crippen LogP contribution in [0.2, 0.25) is 0 Å². The van der Waals surface area contributed by atoms with Crippen molar-refractivity contribution in [1.29, 1.82) is 0 Å². The monoisotopic (exact) mass is 290 g/mol. The Labute approximate surface area is 122 Å². The number of hydrogen-bond donors (Lipinski definition) is 3. The lowest BCUT2D eigenvalue weighted by atomic mass is 10.2. The Kier molecular flexibility index (Phi) is 6.29. The quantitative estimate of drug-likeness (QED) is 0.712. The molecular formula is C15H18N2O4. The number of nitrogens with zero attached hydrogens (tertiary/aromatic N) is 1. The van der Waals surface area contributed by atoms with E-state index < -0.39 is 11.9 Å². The largest absolute Gasteiger partial charge is 0.478 e. The summed E-state index contributed by atoms with van der Waals surface area (Å²) in [5, 5.41) is 18.9. The van der Waals surface area contributed by atoms with Crippen LogP contribution < -0.4 is 5.32 Å². The third kappa shape index (κ3) is 7.03. The Bertz CT molecular complexity index is 518. The molecule has 2 rings (SSSR count). The van der Waals surface area contributed by atoms with Crippen LogP contribution in [-0.2, 0) is 9.59 Å². The van der Waals surface area contributed by atoms with Crippen molar-refractivity contribution in [2.24, 2.45) is 0 Å². The van der Waals surface area contributed by atoms with Gasteiger partial charge in [-0.2, -0.15) is 0 Å². The van der Waals surface area contributed by atoms with E-state index >= 15 is 0 Å². The van der Waals surface area contributed by atoms with Gasteiger partial charge in [-0.25, -0.2) is 9.59 Å². The van der Waals surface area contributed by atoms with Crippen molar-refractivity contribution >= 4 is 18.0 Å². The molecule has 1 heterocycles. The molecular weight excluding hydrogens is 272 g/mol. The molecule has 0 amide bonds. The van der Waals surface area contributed by atoms with Crippen LogP contribution in [0.1, 0.15) is 18.4 Å². The highest BCUT2D eigenvalue weighted by molar-refractivity contribution is 5.89. The molecule has 1 fully saturated rings. The van der Waals surface area contributed by atoms with Crippen molar-refractivity contribution in [1.82, 2.24) is 10.3 Å².